The SMILES string of the molecule is Cc1cccc(-c2cc(C)cc(=O)n2O)c1. The average molecular weight is 215 g/mol. The maximum absolute atomic E-state index is 11.4. The van der Waals surface area contributed by atoms with Gasteiger partial charge in [0.05, 0.1) is 5.69 Å². The number of benzene rings is 1. The fourth-order valence-electron chi connectivity index (χ4n) is 1.70. The minimum absolute atomic E-state index is 0.406. The Bertz CT molecular complexity index is 585. The summed E-state index contributed by atoms with van der Waals surface area (Å²) in [5, 5.41) is 9.67. The average Bonchev–Trinajstić information content (AvgIpc) is 2.23. The van der Waals surface area contributed by atoms with E-state index in [2.05, 4.69) is 0 Å². The predicted octanol–water partition coefficient (Wildman–Crippen LogP) is 2.37. The van der Waals surface area contributed by atoms with Gasteiger partial charge in [-0.05, 0) is 31.5 Å². The molecule has 0 radical (unpaired) electrons. The Morgan fingerprint density at radius 3 is 2.50 bits per heavy atom. The zero-order valence-electron chi connectivity index (χ0n) is 9.27. The smallest absolute Gasteiger partial charge is 0.283 e. The summed E-state index contributed by atoms with van der Waals surface area (Å²) in [5.74, 6) is 0. The van der Waals surface area contributed by atoms with E-state index in [0.717, 1.165) is 16.7 Å². The molecule has 0 unspecified atom stereocenters. The number of nitrogens with zero attached hydrogens (tertiary/aromatic N) is 1. The first kappa shape index (κ1) is 10.5. The fourth-order valence-corrected chi connectivity index (χ4v) is 1.70. The molecule has 2 aromatic rings. The van der Waals surface area contributed by atoms with E-state index in [9.17, 15) is 10.0 Å². The maximum Gasteiger partial charge on any atom is 0.283 e. The van der Waals surface area contributed by atoms with Crippen LogP contribution >= 0.6 is 0 Å². The summed E-state index contributed by atoms with van der Waals surface area (Å²) in [4.78, 5) is 11.4. The molecule has 2 rings (SSSR count). The number of hydrogen-bond donors (Lipinski definition) is 1. The van der Waals surface area contributed by atoms with E-state index in [-0.39, 0.29) is 0 Å². The highest BCUT2D eigenvalue weighted by Gasteiger charge is 2.06. The molecule has 1 heterocycles. The molecule has 1 aromatic heterocycles. The van der Waals surface area contributed by atoms with Gasteiger partial charge in [0.1, 0.15) is 0 Å². The molecule has 0 saturated heterocycles. The molecule has 82 valence electrons. The van der Waals surface area contributed by atoms with Gasteiger partial charge in [-0.25, -0.2) is 0 Å². The molecule has 0 fully saturated rings. The van der Waals surface area contributed by atoms with Crippen LogP contribution in [0.3, 0.4) is 0 Å². The van der Waals surface area contributed by atoms with Crippen molar-refractivity contribution in [1.82, 2.24) is 4.73 Å². The normalized spacial score (nSPS) is 10.4. The number of pyridine rings is 1. The summed E-state index contributed by atoms with van der Waals surface area (Å²) < 4.78 is 0.682. The van der Waals surface area contributed by atoms with Gasteiger partial charge in [0.25, 0.3) is 5.56 Å². The Morgan fingerprint density at radius 2 is 1.81 bits per heavy atom. The third-order valence-corrected chi connectivity index (χ3v) is 2.47. The van der Waals surface area contributed by atoms with Crippen molar-refractivity contribution in [3.63, 3.8) is 0 Å². The summed E-state index contributed by atoms with van der Waals surface area (Å²) in [5.41, 5.74) is 2.88. The van der Waals surface area contributed by atoms with Crippen LogP contribution in [0, 0.1) is 13.8 Å². The van der Waals surface area contributed by atoms with Crippen LogP contribution in [0.1, 0.15) is 11.1 Å². The molecule has 0 atom stereocenters. The molecule has 0 saturated carbocycles. The topological polar surface area (TPSA) is 42.2 Å². The lowest BCUT2D eigenvalue weighted by molar-refractivity contribution is 0.179. The highest BCUT2D eigenvalue weighted by molar-refractivity contribution is 5.60. The second-order valence-electron chi connectivity index (χ2n) is 3.94. The van der Waals surface area contributed by atoms with E-state index in [4.69, 9.17) is 0 Å². The summed E-state index contributed by atoms with van der Waals surface area (Å²) in [7, 11) is 0. The molecule has 0 amide bonds. The monoisotopic (exact) mass is 215 g/mol. The van der Waals surface area contributed by atoms with Crippen molar-refractivity contribution >= 4 is 0 Å². The summed E-state index contributed by atoms with van der Waals surface area (Å²) >= 11 is 0. The van der Waals surface area contributed by atoms with Crippen LogP contribution in [0.2, 0.25) is 0 Å². The summed E-state index contributed by atoms with van der Waals surface area (Å²) in [6.07, 6.45) is 0. The largest absolute Gasteiger partial charge is 0.425 e. The van der Waals surface area contributed by atoms with Crippen molar-refractivity contribution < 1.29 is 5.21 Å². The predicted molar refractivity (Wildman–Crippen MR) is 62.8 cm³/mol. The third-order valence-electron chi connectivity index (χ3n) is 2.47. The van der Waals surface area contributed by atoms with Gasteiger partial charge in [-0.2, -0.15) is 0 Å². The van der Waals surface area contributed by atoms with Gasteiger partial charge in [-0.1, -0.05) is 23.8 Å². The Labute approximate surface area is 93.6 Å². The standard InChI is InChI=1S/C13H13NO2/c1-9-4-3-5-11(6-9)12-7-10(2)8-13(15)14(12)16/h3-8,16H,1-2H3. The van der Waals surface area contributed by atoms with Crippen LogP contribution in [0.4, 0.5) is 0 Å². The van der Waals surface area contributed by atoms with Gasteiger partial charge in [-0.3, -0.25) is 4.79 Å². The Morgan fingerprint density at radius 1 is 1.06 bits per heavy atom. The zero-order chi connectivity index (χ0) is 11.7. The van der Waals surface area contributed by atoms with Crippen LogP contribution in [0.25, 0.3) is 11.3 Å². The fraction of sp³-hybridized carbons (Fsp3) is 0.154. The van der Waals surface area contributed by atoms with E-state index >= 15 is 0 Å². The first-order chi connectivity index (χ1) is 7.58. The van der Waals surface area contributed by atoms with Crippen LogP contribution in [-0.4, -0.2) is 9.94 Å². The van der Waals surface area contributed by atoms with E-state index in [0.29, 0.717) is 10.4 Å². The number of aromatic nitrogens is 1. The van der Waals surface area contributed by atoms with Gasteiger partial charge in [0.15, 0.2) is 0 Å². The van der Waals surface area contributed by atoms with Crippen LogP contribution in [0.5, 0.6) is 0 Å². The van der Waals surface area contributed by atoms with Crippen molar-refractivity contribution in [3.05, 3.63) is 57.9 Å². The Balaban J connectivity index is 2.69. The highest BCUT2D eigenvalue weighted by atomic mass is 16.5. The highest BCUT2D eigenvalue weighted by Crippen LogP contribution is 2.19. The molecular weight excluding hydrogens is 202 g/mol. The minimum Gasteiger partial charge on any atom is -0.425 e. The van der Waals surface area contributed by atoms with Gasteiger partial charge < -0.3 is 5.21 Å². The van der Waals surface area contributed by atoms with Gasteiger partial charge >= 0.3 is 0 Å². The molecule has 3 nitrogen and oxygen atoms in total. The van der Waals surface area contributed by atoms with E-state index < -0.39 is 5.56 Å². The Kier molecular flexibility index (Phi) is 2.52. The first-order valence-corrected chi connectivity index (χ1v) is 5.08. The molecule has 0 aliphatic rings. The molecule has 3 heteroatoms. The van der Waals surface area contributed by atoms with Crippen molar-refractivity contribution in [3.8, 4) is 11.3 Å². The third kappa shape index (κ3) is 1.84. The lowest BCUT2D eigenvalue weighted by Gasteiger charge is -2.08. The van der Waals surface area contributed by atoms with E-state index in [1.807, 2.05) is 38.1 Å². The molecular formula is C13H13NO2. The summed E-state index contributed by atoms with van der Waals surface area (Å²) in [6, 6.07) is 10.9. The van der Waals surface area contributed by atoms with Crippen molar-refractivity contribution in [2.24, 2.45) is 0 Å². The quantitative estimate of drug-likeness (QED) is 0.742. The van der Waals surface area contributed by atoms with Crippen molar-refractivity contribution in [2.75, 3.05) is 0 Å². The van der Waals surface area contributed by atoms with Gasteiger partial charge in [0.2, 0.25) is 0 Å². The Hall–Kier alpha value is -2.03. The molecule has 0 bridgehead atoms. The second-order valence-corrected chi connectivity index (χ2v) is 3.94. The number of aryl methyl sites for hydroxylation is 2. The maximum atomic E-state index is 11.4. The lowest BCUT2D eigenvalue weighted by atomic mass is 10.1. The number of hydrogen-bond acceptors (Lipinski definition) is 2. The second kappa shape index (κ2) is 3.85. The lowest BCUT2D eigenvalue weighted by Crippen LogP contribution is -2.18. The van der Waals surface area contributed by atoms with Crippen molar-refractivity contribution in [2.45, 2.75) is 13.8 Å². The van der Waals surface area contributed by atoms with Crippen molar-refractivity contribution in [1.29, 1.82) is 0 Å². The molecule has 0 aliphatic heterocycles. The van der Waals surface area contributed by atoms with Crippen LogP contribution in [0.15, 0.2) is 41.2 Å². The molecule has 0 aliphatic carbocycles. The molecule has 1 N–H and O–H groups in total. The van der Waals surface area contributed by atoms with E-state index in [1.165, 1.54) is 6.07 Å². The summed E-state index contributed by atoms with van der Waals surface area (Å²) in [6.45, 7) is 3.81. The van der Waals surface area contributed by atoms with Crippen LogP contribution in [-0.2, 0) is 0 Å². The first-order valence-electron chi connectivity index (χ1n) is 5.08. The van der Waals surface area contributed by atoms with Gasteiger partial charge in [0, 0.05) is 11.6 Å². The zero-order valence-corrected chi connectivity index (χ0v) is 9.27. The van der Waals surface area contributed by atoms with Gasteiger partial charge in [-0.15, -0.1) is 4.73 Å². The molecule has 0 spiro atoms. The minimum atomic E-state index is -0.406. The van der Waals surface area contributed by atoms with Crippen LogP contribution < -0.4 is 5.56 Å². The number of rotatable bonds is 1. The molecule has 1 aromatic carbocycles. The molecule has 16 heavy (non-hydrogen) atoms. The van der Waals surface area contributed by atoms with E-state index in [1.54, 1.807) is 6.07 Å².